The van der Waals surface area contributed by atoms with Gasteiger partial charge in [-0.3, -0.25) is 0 Å². The first kappa shape index (κ1) is 15.5. The number of hydrogen-bond donors (Lipinski definition) is 1. The van der Waals surface area contributed by atoms with Gasteiger partial charge in [-0.15, -0.1) is 0 Å². The topological polar surface area (TPSA) is 38.7 Å². The number of methoxy groups -OCH3 is 1. The molecule has 2 aromatic rings. The number of ether oxygens (including phenoxy) is 2. The van der Waals surface area contributed by atoms with Crippen LogP contribution in [-0.4, -0.2) is 18.8 Å². The molecule has 0 spiro atoms. The van der Waals surface area contributed by atoms with Crippen LogP contribution in [0.15, 0.2) is 42.5 Å². The molecule has 3 nitrogen and oxygen atoms in total. The van der Waals surface area contributed by atoms with Crippen molar-refractivity contribution < 1.29 is 19.0 Å². The Kier molecular flexibility index (Phi) is 5.31. The fourth-order valence-electron chi connectivity index (χ4n) is 2.08. The van der Waals surface area contributed by atoms with Crippen LogP contribution in [0.1, 0.15) is 24.2 Å². The average Bonchev–Trinajstić information content (AvgIpc) is 2.46. The number of halogens is 1. The van der Waals surface area contributed by atoms with E-state index in [-0.39, 0.29) is 5.56 Å². The first-order valence-electron chi connectivity index (χ1n) is 6.84. The number of hydrogen-bond acceptors (Lipinski definition) is 3. The third-order valence-corrected chi connectivity index (χ3v) is 3.18. The van der Waals surface area contributed by atoms with Gasteiger partial charge in [0.1, 0.15) is 17.3 Å². The number of aliphatic hydroxyl groups is 1. The molecule has 0 fully saturated rings. The van der Waals surface area contributed by atoms with Crippen molar-refractivity contribution in [1.29, 1.82) is 0 Å². The zero-order chi connectivity index (χ0) is 15.2. The summed E-state index contributed by atoms with van der Waals surface area (Å²) in [6, 6.07) is 12.0. The average molecular weight is 290 g/mol. The highest BCUT2D eigenvalue weighted by molar-refractivity contribution is 5.40. The normalized spacial score (nSPS) is 12.2. The molecule has 0 heterocycles. The number of aliphatic hydroxyl groups excluding tert-OH is 1. The van der Waals surface area contributed by atoms with Gasteiger partial charge in [0.2, 0.25) is 0 Å². The predicted octanol–water partition coefficient (Wildman–Crippen LogP) is 3.86. The van der Waals surface area contributed by atoms with E-state index < -0.39 is 11.9 Å². The van der Waals surface area contributed by atoms with Gasteiger partial charge >= 0.3 is 0 Å². The van der Waals surface area contributed by atoms with Crippen molar-refractivity contribution in [3.05, 3.63) is 59.4 Å². The minimum Gasteiger partial charge on any atom is -0.457 e. The van der Waals surface area contributed by atoms with Crippen LogP contribution in [-0.2, 0) is 11.2 Å². The van der Waals surface area contributed by atoms with Crippen molar-refractivity contribution in [2.75, 3.05) is 13.7 Å². The molecule has 2 aromatic carbocycles. The maximum absolute atomic E-state index is 13.8. The highest BCUT2D eigenvalue weighted by Gasteiger charge is 2.15. The van der Waals surface area contributed by atoms with E-state index in [1.807, 2.05) is 24.3 Å². The van der Waals surface area contributed by atoms with E-state index in [4.69, 9.17) is 9.47 Å². The molecule has 0 bridgehead atoms. The Hall–Kier alpha value is -1.91. The van der Waals surface area contributed by atoms with Crippen LogP contribution in [0.4, 0.5) is 4.39 Å². The van der Waals surface area contributed by atoms with E-state index in [1.54, 1.807) is 19.2 Å². The highest BCUT2D eigenvalue weighted by Crippen LogP contribution is 2.31. The van der Waals surface area contributed by atoms with Gasteiger partial charge in [-0.1, -0.05) is 18.2 Å². The van der Waals surface area contributed by atoms with Gasteiger partial charge in [-0.05, 0) is 43.2 Å². The highest BCUT2D eigenvalue weighted by atomic mass is 19.1. The molecule has 0 radical (unpaired) electrons. The summed E-state index contributed by atoms with van der Waals surface area (Å²) in [5.74, 6) is 0.456. The maximum Gasteiger partial charge on any atom is 0.136 e. The molecule has 0 unspecified atom stereocenters. The first-order valence-corrected chi connectivity index (χ1v) is 6.84. The Morgan fingerprint density at radius 3 is 2.48 bits per heavy atom. The van der Waals surface area contributed by atoms with E-state index in [0.717, 1.165) is 12.0 Å². The van der Waals surface area contributed by atoms with Gasteiger partial charge in [0.05, 0.1) is 18.3 Å². The van der Waals surface area contributed by atoms with E-state index in [0.29, 0.717) is 18.1 Å². The minimum absolute atomic E-state index is 0.168. The monoisotopic (exact) mass is 290 g/mol. The van der Waals surface area contributed by atoms with Crippen LogP contribution < -0.4 is 4.74 Å². The van der Waals surface area contributed by atoms with Gasteiger partial charge in [0, 0.05) is 7.11 Å². The lowest BCUT2D eigenvalue weighted by molar-refractivity contribution is 0.190. The SMILES string of the molecule is COCCc1ccc(Oc2cccc(F)c2[C@@H](C)O)cc1. The first-order chi connectivity index (χ1) is 10.1. The lowest BCUT2D eigenvalue weighted by Gasteiger charge is -2.14. The van der Waals surface area contributed by atoms with E-state index in [9.17, 15) is 9.50 Å². The van der Waals surface area contributed by atoms with Crippen LogP contribution in [0.2, 0.25) is 0 Å². The second-order valence-electron chi connectivity index (χ2n) is 4.82. The summed E-state index contributed by atoms with van der Waals surface area (Å²) in [5.41, 5.74) is 1.31. The molecule has 21 heavy (non-hydrogen) atoms. The Bertz CT molecular complexity index is 579. The molecule has 0 aromatic heterocycles. The molecule has 112 valence electrons. The molecule has 0 saturated heterocycles. The smallest absolute Gasteiger partial charge is 0.136 e. The Morgan fingerprint density at radius 2 is 1.86 bits per heavy atom. The Morgan fingerprint density at radius 1 is 1.14 bits per heavy atom. The van der Waals surface area contributed by atoms with Crippen molar-refractivity contribution in [3.8, 4) is 11.5 Å². The minimum atomic E-state index is -0.929. The zero-order valence-electron chi connectivity index (χ0n) is 12.2. The van der Waals surface area contributed by atoms with Gasteiger partial charge in [0.15, 0.2) is 0 Å². The third-order valence-electron chi connectivity index (χ3n) is 3.18. The van der Waals surface area contributed by atoms with Gasteiger partial charge in [0.25, 0.3) is 0 Å². The Labute approximate surface area is 124 Å². The van der Waals surface area contributed by atoms with Crippen molar-refractivity contribution >= 4 is 0 Å². The predicted molar refractivity (Wildman–Crippen MR) is 79.1 cm³/mol. The second kappa shape index (κ2) is 7.20. The third kappa shape index (κ3) is 4.03. The summed E-state index contributed by atoms with van der Waals surface area (Å²) in [7, 11) is 1.67. The molecule has 1 N–H and O–H groups in total. The zero-order valence-corrected chi connectivity index (χ0v) is 12.2. The van der Waals surface area contributed by atoms with Crippen molar-refractivity contribution in [2.45, 2.75) is 19.4 Å². The molecule has 0 amide bonds. The van der Waals surface area contributed by atoms with Crippen LogP contribution in [0.5, 0.6) is 11.5 Å². The molecule has 2 rings (SSSR count). The summed E-state index contributed by atoms with van der Waals surface area (Å²) in [6.07, 6.45) is -0.0995. The largest absolute Gasteiger partial charge is 0.457 e. The Balaban J connectivity index is 2.17. The fraction of sp³-hybridized carbons (Fsp3) is 0.294. The van der Waals surface area contributed by atoms with E-state index >= 15 is 0 Å². The van der Waals surface area contributed by atoms with Crippen LogP contribution >= 0.6 is 0 Å². The molecule has 1 atom stereocenters. The van der Waals surface area contributed by atoms with Gasteiger partial charge in [-0.25, -0.2) is 4.39 Å². The van der Waals surface area contributed by atoms with Crippen LogP contribution in [0, 0.1) is 5.82 Å². The standard InChI is InChI=1S/C17H19FO3/c1-12(19)17-15(18)4-3-5-16(17)21-14-8-6-13(7-9-14)10-11-20-2/h3-9,12,19H,10-11H2,1-2H3/t12-/m1/s1. The van der Waals surface area contributed by atoms with Crippen LogP contribution in [0.3, 0.4) is 0 Å². The quantitative estimate of drug-likeness (QED) is 0.878. The maximum atomic E-state index is 13.8. The summed E-state index contributed by atoms with van der Waals surface area (Å²) >= 11 is 0. The lowest BCUT2D eigenvalue weighted by Crippen LogP contribution is -2.00. The van der Waals surface area contributed by atoms with E-state index in [2.05, 4.69) is 0 Å². The second-order valence-corrected chi connectivity index (χ2v) is 4.82. The lowest BCUT2D eigenvalue weighted by atomic mass is 10.1. The molecule has 0 saturated carbocycles. The molecule has 4 heteroatoms. The molecule has 0 aliphatic heterocycles. The molecular weight excluding hydrogens is 271 g/mol. The number of rotatable bonds is 6. The van der Waals surface area contributed by atoms with Crippen LogP contribution in [0.25, 0.3) is 0 Å². The van der Waals surface area contributed by atoms with Crippen molar-refractivity contribution in [1.82, 2.24) is 0 Å². The molecular formula is C17H19FO3. The summed E-state index contributed by atoms with van der Waals surface area (Å²) in [5, 5.41) is 9.67. The van der Waals surface area contributed by atoms with Gasteiger partial charge in [-0.2, -0.15) is 0 Å². The molecule has 0 aliphatic carbocycles. The van der Waals surface area contributed by atoms with E-state index in [1.165, 1.54) is 13.0 Å². The summed E-state index contributed by atoms with van der Waals surface area (Å²) in [6.45, 7) is 2.18. The summed E-state index contributed by atoms with van der Waals surface area (Å²) in [4.78, 5) is 0. The molecule has 0 aliphatic rings. The van der Waals surface area contributed by atoms with Gasteiger partial charge < -0.3 is 14.6 Å². The van der Waals surface area contributed by atoms with Crippen molar-refractivity contribution in [3.63, 3.8) is 0 Å². The van der Waals surface area contributed by atoms with Crippen molar-refractivity contribution in [2.24, 2.45) is 0 Å². The fourth-order valence-corrected chi connectivity index (χ4v) is 2.08. The number of benzene rings is 2. The summed E-state index contributed by atoms with van der Waals surface area (Å²) < 4.78 is 24.5.